The van der Waals surface area contributed by atoms with Crippen LogP contribution in [-0.4, -0.2) is 19.3 Å². The predicted molar refractivity (Wildman–Crippen MR) is 78.9 cm³/mol. The zero-order valence-corrected chi connectivity index (χ0v) is 11.9. The van der Waals surface area contributed by atoms with E-state index in [0.29, 0.717) is 6.54 Å². The number of thioether (sulfide) groups is 1. The molecule has 17 heavy (non-hydrogen) atoms. The van der Waals surface area contributed by atoms with E-state index in [1.165, 1.54) is 5.56 Å². The number of nitrogen functional groups attached to an aromatic ring is 1. The Morgan fingerprint density at radius 3 is 2.41 bits per heavy atom. The molecule has 0 radical (unpaired) electrons. The molecular formula is C13H23N3S. The maximum atomic E-state index is 6.13. The van der Waals surface area contributed by atoms with E-state index in [9.17, 15) is 0 Å². The fourth-order valence-corrected chi connectivity index (χ4v) is 2.46. The van der Waals surface area contributed by atoms with E-state index in [-0.39, 0.29) is 5.41 Å². The van der Waals surface area contributed by atoms with Crippen molar-refractivity contribution < 1.29 is 0 Å². The van der Waals surface area contributed by atoms with Crippen LogP contribution in [0.1, 0.15) is 26.3 Å². The summed E-state index contributed by atoms with van der Waals surface area (Å²) in [6.45, 7) is 7.23. The van der Waals surface area contributed by atoms with Crippen LogP contribution in [0, 0.1) is 0 Å². The van der Waals surface area contributed by atoms with Crippen LogP contribution in [0.5, 0.6) is 0 Å². The normalized spacial score (nSPS) is 11.6. The zero-order valence-electron chi connectivity index (χ0n) is 11.1. The summed E-state index contributed by atoms with van der Waals surface area (Å²) in [5.74, 6) is 0.883. The summed E-state index contributed by atoms with van der Waals surface area (Å²) in [5.41, 5.74) is 14.9. The van der Waals surface area contributed by atoms with Crippen molar-refractivity contribution in [2.45, 2.75) is 31.1 Å². The third kappa shape index (κ3) is 3.54. The summed E-state index contributed by atoms with van der Waals surface area (Å²) >= 11 is 1.71. The zero-order chi connectivity index (χ0) is 13.1. The van der Waals surface area contributed by atoms with E-state index in [4.69, 9.17) is 11.5 Å². The monoisotopic (exact) mass is 253 g/mol. The molecule has 0 aromatic heterocycles. The number of rotatable bonds is 4. The van der Waals surface area contributed by atoms with Crippen molar-refractivity contribution in [2.24, 2.45) is 5.73 Å². The van der Waals surface area contributed by atoms with Gasteiger partial charge in [0.1, 0.15) is 0 Å². The highest BCUT2D eigenvalue weighted by Crippen LogP contribution is 2.37. The van der Waals surface area contributed by atoms with Crippen molar-refractivity contribution in [3.63, 3.8) is 0 Å². The third-order valence-corrected chi connectivity index (χ3v) is 3.80. The highest BCUT2D eigenvalue weighted by Gasteiger charge is 2.17. The maximum absolute atomic E-state index is 6.13. The number of nitrogens with one attached hydrogen (secondary N) is 1. The van der Waals surface area contributed by atoms with Gasteiger partial charge in [0.05, 0.1) is 4.90 Å². The van der Waals surface area contributed by atoms with Crippen molar-refractivity contribution in [1.82, 2.24) is 0 Å². The van der Waals surface area contributed by atoms with Gasteiger partial charge < -0.3 is 16.8 Å². The third-order valence-electron chi connectivity index (χ3n) is 2.62. The van der Waals surface area contributed by atoms with Crippen LogP contribution in [0.3, 0.4) is 0 Å². The minimum atomic E-state index is 0.108. The molecule has 1 aromatic carbocycles. The summed E-state index contributed by atoms with van der Waals surface area (Å²) in [6.07, 6.45) is 0. The number of hydrogen-bond donors (Lipinski definition) is 3. The number of benzene rings is 1. The minimum Gasteiger partial charge on any atom is -0.398 e. The molecule has 1 aromatic rings. The molecule has 0 spiro atoms. The molecule has 0 heterocycles. The quantitative estimate of drug-likeness (QED) is 0.570. The Bertz CT molecular complexity index is 383. The Kier molecular flexibility index (Phi) is 4.71. The molecule has 1 rings (SSSR count). The van der Waals surface area contributed by atoms with E-state index in [0.717, 1.165) is 22.0 Å². The fourth-order valence-electron chi connectivity index (χ4n) is 1.59. The van der Waals surface area contributed by atoms with E-state index >= 15 is 0 Å². The maximum Gasteiger partial charge on any atom is 0.0535 e. The molecule has 5 N–H and O–H groups in total. The fraction of sp³-hybridized carbons (Fsp3) is 0.538. The van der Waals surface area contributed by atoms with Gasteiger partial charge in [0.25, 0.3) is 0 Å². The lowest BCUT2D eigenvalue weighted by molar-refractivity contribution is 0.590. The van der Waals surface area contributed by atoms with E-state index in [1.807, 2.05) is 7.05 Å². The average molecular weight is 253 g/mol. The molecule has 0 aliphatic heterocycles. The molecule has 0 aliphatic rings. The Balaban J connectivity index is 3.16. The minimum absolute atomic E-state index is 0.108. The molecule has 0 saturated heterocycles. The molecule has 96 valence electrons. The van der Waals surface area contributed by atoms with Crippen LogP contribution in [0.4, 0.5) is 11.4 Å². The largest absolute Gasteiger partial charge is 0.398 e. The van der Waals surface area contributed by atoms with E-state index < -0.39 is 0 Å². The van der Waals surface area contributed by atoms with Gasteiger partial charge in [-0.2, -0.15) is 0 Å². The second-order valence-electron chi connectivity index (χ2n) is 5.08. The first-order chi connectivity index (χ1) is 7.90. The van der Waals surface area contributed by atoms with Gasteiger partial charge >= 0.3 is 0 Å². The van der Waals surface area contributed by atoms with Crippen molar-refractivity contribution >= 4 is 23.1 Å². The second-order valence-corrected chi connectivity index (χ2v) is 6.18. The van der Waals surface area contributed by atoms with Crippen molar-refractivity contribution in [3.8, 4) is 0 Å². The van der Waals surface area contributed by atoms with Crippen LogP contribution in [0.15, 0.2) is 17.0 Å². The van der Waals surface area contributed by atoms with Crippen molar-refractivity contribution in [2.75, 3.05) is 30.4 Å². The van der Waals surface area contributed by atoms with Gasteiger partial charge in [-0.15, -0.1) is 11.8 Å². The van der Waals surface area contributed by atoms with Crippen LogP contribution in [-0.2, 0) is 5.41 Å². The Hall–Kier alpha value is -0.870. The van der Waals surface area contributed by atoms with E-state index in [1.54, 1.807) is 11.8 Å². The highest BCUT2D eigenvalue weighted by molar-refractivity contribution is 7.99. The van der Waals surface area contributed by atoms with Gasteiger partial charge in [0.15, 0.2) is 0 Å². The standard InChI is InChI=1S/C13H23N3S/c1-13(2,3)9-7-10(15)12(17-6-5-14)11(8-9)16-4/h7-8,16H,5-6,14-15H2,1-4H3. The van der Waals surface area contributed by atoms with Crippen LogP contribution in [0.2, 0.25) is 0 Å². The summed E-state index contributed by atoms with van der Waals surface area (Å²) < 4.78 is 0. The summed E-state index contributed by atoms with van der Waals surface area (Å²) in [6, 6.07) is 4.24. The van der Waals surface area contributed by atoms with Gasteiger partial charge in [-0.1, -0.05) is 20.8 Å². The lowest BCUT2D eigenvalue weighted by atomic mass is 9.86. The molecule has 0 amide bonds. The molecular weight excluding hydrogens is 230 g/mol. The Labute approximate surface area is 108 Å². The molecule has 4 heteroatoms. The van der Waals surface area contributed by atoms with Crippen molar-refractivity contribution in [1.29, 1.82) is 0 Å². The lowest BCUT2D eigenvalue weighted by Crippen LogP contribution is -2.13. The topological polar surface area (TPSA) is 64.1 Å². The second kappa shape index (κ2) is 5.65. The predicted octanol–water partition coefficient (Wildman–Crippen LogP) is 2.66. The molecule has 0 saturated carbocycles. The SMILES string of the molecule is CNc1cc(C(C)(C)C)cc(N)c1SCCN. The smallest absolute Gasteiger partial charge is 0.0535 e. The van der Waals surface area contributed by atoms with Crippen molar-refractivity contribution in [3.05, 3.63) is 17.7 Å². The van der Waals surface area contributed by atoms with Gasteiger partial charge in [0, 0.05) is 30.7 Å². The Morgan fingerprint density at radius 1 is 1.29 bits per heavy atom. The van der Waals surface area contributed by atoms with Crippen LogP contribution in [0.25, 0.3) is 0 Å². The Morgan fingerprint density at radius 2 is 1.94 bits per heavy atom. The molecule has 0 bridgehead atoms. The first-order valence-electron chi connectivity index (χ1n) is 5.84. The summed E-state index contributed by atoms with van der Waals surface area (Å²) in [7, 11) is 1.92. The molecule has 0 fully saturated rings. The van der Waals surface area contributed by atoms with Gasteiger partial charge in [-0.3, -0.25) is 0 Å². The van der Waals surface area contributed by atoms with Crippen LogP contribution >= 0.6 is 11.8 Å². The summed E-state index contributed by atoms with van der Waals surface area (Å²) in [5, 5.41) is 3.22. The molecule has 0 unspecified atom stereocenters. The number of nitrogens with two attached hydrogens (primary N) is 2. The van der Waals surface area contributed by atoms with Gasteiger partial charge in [-0.05, 0) is 23.1 Å². The van der Waals surface area contributed by atoms with Crippen LogP contribution < -0.4 is 16.8 Å². The van der Waals surface area contributed by atoms with Gasteiger partial charge in [0.2, 0.25) is 0 Å². The number of hydrogen-bond acceptors (Lipinski definition) is 4. The number of anilines is 2. The lowest BCUT2D eigenvalue weighted by Gasteiger charge is -2.22. The average Bonchev–Trinajstić information content (AvgIpc) is 2.25. The molecule has 3 nitrogen and oxygen atoms in total. The first kappa shape index (κ1) is 14.2. The molecule has 0 atom stereocenters. The first-order valence-corrected chi connectivity index (χ1v) is 6.83. The summed E-state index contributed by atoms with van der Waals surface area (Å²) in [4.78, 5) is 1.10. The van der Waals surface area contributed by atoms with Gasteiger partial charge in [-0.25, -0.2) is 0 Å². The molecule has 0 aliphatic carbocycles. The van der Waals surface area contributed by atoms with E-state index in [2.05, 4.69) is 38.2 Å². The highest BCUT2D eigenvalue weighted by atomic mass is 32.2.